The average molecular weight is 317 g/mol. The first-order chi connectivity index (χ1) is 11.1. The first-order valence-corrected chi connectivity index (χ1v) is 8.58. The number of unbranched alkanes of at least 4 members (excludes halogenated alkanes) is 1. The van der Waals surface area contributed by atoms with Gasteiger partial charge in [-0.3, -0.25) is 13.9 Å². The van der Waals surface area contributed by atoms with Crippen molar-refractivity contribution in [2.45, 2.75) is 46.7 Å². The third kappa shape index (κ3) is 3.72. The fourth-order valence-electron chi connectivity index (χ4n) is 2.88. The summed E-state index contributed by atoms with van der Waals surface area (Å²) < 4.78 is 3.15. The largest absolute Gasteiger partial charge is 0.331 e. The summed E-state index contributed by atoms with van der Waals surface area (Å²) in [5.41, 5.74) is 0.384. The van der Waals surface area contributed by atoms with Crippen molar-refractivity contribution in [3.63, 3.8) is 0 Å². The Morgan fingerprint density at radius 3 is 2.30 bits per heavy atom. The van der Waals surface area contributed by atoms with E-state index >= 15 is 0 Å². The molecule has 0 N–H and O–H groups in total. The van der Waals surface area contributed by atoms with Crippen LogP contribution in [-0.4, -0.2) is 33.7 Å². The minimum atomic E-state index is -0.186. The number of aromatic nitrogens is 2. The number of likely N-dealkylation sites (N-methyl/N-ethyl adjacent to an activating group) is 1. The quantitative estimate of drug-likeness (QED) is 0.750. The Morgan fingerprint density at radius 1 is 0.957 bits per heavy atom. The maximum atomic E-state index is 12.8. The van der Waals surface area contributed by atoms with Crippen LogP contribution in [-0.2, 0) is 13.1 Å². The van der Waals surface area contributed by atoms with Crippen molar-refractivity contribution in [2.75, 3.05) is 19.6 Å². The minimum absolute atomic E-state index is 0.175. The maximum Gasteiger partial charge on any atom is 0.331 e. The van der Waals surface area contributed by atoms with Gasteiger partial charge in [-0.05, 0) is 31.6 Å². The van der Waals surface area contributed by atoms with E-state index in [1.165, 1.54) is 4.57 Å². The second-order valence-corrected chi connectivity index (χ2v) is 5.79. The third-order valence-electron chi connectivity index (χ3n) is 4.40. The van der Waals surface area contributed by atoms with E-state index in [0.717, 1.165) is 31.4 Å². The van der Waals surface area contributed by atoms with E-state index in [1.807, 2.05) is 24.3 Å². The second kappa shape index (κ2) is 8.11. The predicted octanol–water partition coefficient (Wildman–Crippen LogP) is 2.31. The number of hydrogen-bond donors (Lipinski definition) is 0. The number of rotatable bonds is 8. The highest BCUT2D eigenvalue weighted by Gasteiger charge is 2.13. The fourth-order valence-corrected chi connectivity index (χ4v) is 2.88. The van der Waals surface area contributed by atoms with Crippen LogP contribution in [0.4, 0.5) is 0 Å². The van der Waals surface area contributed by atoms with Gasteiger partial charge in [0.2, 0.25) is 0 Å². The Hall–Kier alpha value is -1.88. The van der Waals surface area contributed by atoms with Gasteiger partial charge in [0, 0.05) is 19.6 Å². The molecule has 2 rings (SSSR count). The molecule has 0 aliphatic heterocycles. The van der Waals surface area contributed by atoms with Gasteiger partial charge in [0.15, 0.2) is 0 Å². The summed E-state index contributed by atoms with van der Waals surface area (Å²) in [4.78, 5) is 27.7. The van der Waals surface area contributed by atoms with Gasteiger partial charge in [-0.1, -0.05) is 39.3 Å². The Bertz CT molecular complexity index is 757. The normalized spacial score (nSPS) is 11.5. The van der Waals surface area contributed by atoms with E-state index in [-0.39, 0.29) is 11.2 Å². The van der Waals surface area contributed by atoms with Gasteiger partial charge in [-0.25, -0.2) is 4.79 Å². The van der Waals surface area contributed by atoms with E-state index < -0.39 is 0 Å². The van der Waals surface area contributed by atoms with Crippen LogP contribution in [0.1, 0.15) is 33.6 Å². The zero-order chi connectivity index (χ0) is 16.8. The lowest BCUT2D eigenvalue weighted by Crippen LogP contribution is -2.42. The molecule has 5 heteroatoms. The fraction of sp³-hybridized carbons (Fsp3) is 0.556. The molecule has 0 spiro atoms. The Balaban J connectivity index is 2.51. The van der Waals surface area contributed by atoms with Crippen molar-refractivity contribution in [2.24, 2.45) is 0 Å². The molecular weight excluding hydrogens is 290 g/mol. The summed E-state index contributed by atoms with van der Waals surface area (Å²) in [6, 6.07) is 7.41. The van der Waals surface area contributed by atoms with E-state index in [9.17, 15) is 9.59 Å². The topological polar surface area (TPSA) is 47.2 Å². The SMILES string of the molecule is CCCCn1c(=O)n(CCN(CC)CC)c(=O)c2ccccc21. The number of aryl methyl sites for hydroxylation is 1. The summed E-state index contributed by atoms with van der Waals surface area (Å²) in [5, 5.41) is 0.628. The number of benzene rings is 1. The van der Waals surface area contributed by atoms with Gasteiger partial charge < -0.3 is 4.90 Å². The number of para-hydroxylation sites is 1. The van der Waals surface area contributed by atoms with Gasteiger partial charge in [0.1, 0.15) is 0 Å². The average Bonchev–Trinajstić information content (AvgIpc) is 2.58. The molecule has 0 aliphatic carbocycles. The van der Waals surface area contributed by atoms with Crippen molar-refractivity contribution in [1.82, 2.24) is 14.0 Å². The molecule has 1 aromatic carbocycles. The van der Waals surface area contributed by atoms with Crippen LogP contribution >= 0.6 is 0 Å². The number of nitrogens with zero attached hydrogens (tertiary/aromatic N) is 3. The van der Waals surface area contributed by atoms with Crippen molar-refractivity contribution in [3.05, 3.63) is 45.1 Å². The smallest absolute Gasteiger partial charge is 0.302 e. The van der Waals surface area contributed by atoms with Crippen LogP contribution in [0.25, 0.3) is 10.9 Å². The summed E-state index contributed by atoms with van der Waals surface area (Å²) in [6.45, 7) is 9.93. The lowest BCUT2D eigenvalue weighted by atomic mass is 10.2. The van der Waals surface area contributed by atoms with Gasteiger partial charge in [0.25, 0.3) is 5.56 Å². The van der Waals surface area contributed by atoms with E-state index in [2.05, 4.69) is 25.7 Å². The van der Waals surface area contributed by atoms with E-state index in [4.69, 9.17) is 0 Å². The molecule has 23 heavy (non-hydrogen) atoms. The summed E-state index contributed by atoms with van der Waals surface area (Å²) in [6.07, 6.45) is 1.94. The molecule has 1 aromatic heterocycles. The predicted molar refractivity (Wildman–Crippen MR) is 95.2 cm³/mol. The molecule has 2 aromatic rings. The molecule has 5 nitrogen and oxygen atoms in total. The van der Waals surface area contributed by atoms with Gasteiger partial charge in [-0.2, -0.15) is 0 Å². The van der Waals surface area contributed by atoms with E-state index in [0.29, 0.717) is 25.0 Å². The molecule has 0 amide bonds. The van der Waals surface area contributed by atoms with Crippen LogP contribution in [0.3, 0.4) is 0 Å². The van der Waals surface area contributed by atoms with Crippen molar-refractivity contribution in [1.29, 1.82) is 0 Å². The maximum absolute atomic E-state index is 12.8. The first kappa shape index (κ1) is 17.5. The van der Waals surface area contributed by atoms with Crippen LogP contribution in [0.2, 0.25) is 0 Å². The van der Waals surface area contributed by atoms with Crippen molar-refractivity contribution < 1.29 is 0 Å². The molecule has 126 valence electrons. The standard InChI is InChI=1S/C18H27N3O2/c1-4-7-12-20-16-11-9-8-10-15(16)17(22)21(18(20)23)14-13-19(5-2)6-3/h8-11H,4-7,12-14H2,1-3H3. The van der Waals surface area contributed by atoms with Gasteiger partial charge >= 0.3 is 5.69 Å². The molecule has 0 bridgehead atoms. The lowest BCUT2D eigenvalue weighted by molar-refractivity contribution is 0.286. The highest BCUT2D eigenvalue weighted by molar-refractivity contribution is 5.77. The van der Waals surface area contributed by atoms with Gasteiger partial charge in [0.05, 0.1) is 10.9 Å². The monoisotopic (exact) mass is 317 g/mol. The highest BCUT2D eigenvalue weighted by atomic mass is 16.2. The second-order valence-electron chi connectivity index (χ2n) is 5.79. The molecule has 0 atom stereocenters. The van der Waals surface area contributed by atoms with Crippen LogP contribution in [0.15, 0.2) is 33.9 Å². The Labute approximate surface area is 137 Å². The molecule has 0 fully saturated rings. The Morgan fingerprint density at radius 2 is 1.65 bits per heavy atom. The molecule has 0 aliphatic rings. The Kier molecular flexibility index (Phi) is 6.16. The molecule has 0 radical (unpaired) electrons. The summed E-state index contributed by atoms with van der Waals surface area (Å²) in [7, 11) is 0. The van der Waals surface area contributed by atoms with Gasteiger partial charge in [-0.15, -0.1) is 0 Å². The third-order valence-corrected chi connectivity index (χ3v) is 4.40. The molecule has 1 heterocycles. The van der Waals surface area contributed by atoms with Crippen LogP contribution < -0.4 is 11.2 Å². The molecule has 0 saturated carbocycles. The molecule has 0 saturated heterocycles. The van der Waals surface area contributed by atoms with Crippen molar-refractivity contribution >= 4 is 10.9 Å². The summed E-state index contributed by atoms with van der Waals surface area (Å²) >= 11 is 0. The molecular formula is C18H27N3O2. The highest BCUT2D eigenvalue weighted by Crippen LogP contribution is 2.08. The summed E-state index contributed by atoms with van der Waals surface area (Å²) in [5.74, 6) is 0. The molecule has 0 unspecified atom stereocenters. The van der Waals surface area contributed by atoms with Crippen LogP contribution in [0.5, 0.6) is 0 Å². The first-order valence-electron chi connectivity index (χ1n) is 8.58. The van der Waals surface area contributed by atoms with E-state index in [1.54, 1.807) is 4.57 Å². The number of hydrogen-bond acceptors (Lipinski definition) is 3. The zero-order valence-corrected chi connectivity index (χ0v) is 14.4. The zero-order valence-electron chi connectivity index (χ0n) is 14.4. The van der Waals surface area contributed by atoms with Crippen molar-refractivity contribution in [3.8, 4) is 0 Å². The lowest BCUT2D eigenvalue weighted by Gasteiger charge is -2.19. The minimum Gasteiger partial charge on any atom is -0.302 e. The van der Waals surface area contributed by atoms with Crippen LogP contribution in [0, 0.1) is 0 Å². The number of fused-ring (bicyclic) bond motifs is 1.